The van der Waals surface area contributed by atoms with Gasteiger partial charge in [-0.05, 0) is 5.56 Å². The number of hydrogen-bond acceptors (Lipinski definition) is 4. The van der Waals surface area contributed by atoms with Gasteiger partial charge in [0.2, 0.25) is 17.7 Å². The molecule has 136 valence electrons. The molecule has 1 aromatic rings. The molecule has 1 saturated heterocycles. The number of carbonyl (C=O) groups is 3. The highest BCUT2D eigenvalue weighted by Crippen LogP contribution is 2.26. The van der Waals surface area contributed by atoms with Gasteiger partial charge in [-0.15, -0.1) is 0 Å². The lowest BCUT2D eigenvalue weighted by molar-refractivity contribution is -0.132. The summed E-state index contributed by atoms with van der Waals surface area (Å²) < 4.78 is 0. The minimum atomic E-state index is -0.193. The highest BCUT2D eigenvalue weighted by Gasteiger charge is 2.33. The van der Waals surface area contributed by atoms with Crippen molar-refractivity contribution in [2.75, 3.05) is 26.2 Å². The summed E-state index contributed by atoms with van der Waals surface area (Å²) in [6.07, 6.45) is 0.306. The molecule has 0 unspecified atom stereocenters. The van der Waals surface area contributed by atoms with E-state index in [-0.39, 0.29) is 42.5 Å². The maximum Gasteiger partial charge on any atom is 0.223 e. The smallest absolute Gasteiger partial charge is 0.223 e. The lowest BCUT2D eigenvalue weighted by Crippen LogP contribution is -2.35. The van der Waals surface area contributed by atoms with Gasteiger partial charge in [0.05, 0.1) is 0 Å². The number of carbonyl (C=O) groups excluding carboxylic acids is 3. The van der Waals surface area contributed by atoms with Crippen LogP contribution in [0.2, 0.25) is 0 Å². The molecule has 7 nitrogen and oxygen atoms in total. The molecule has 0 aromatic heterocycles. The molecular weight excluding hydrogens is 320 g/mol. The Kier molecular flexibility index (Phi) is 6.94. The number of amides is 3. The van der Waals surface area contributed by atoms with Crippen molar-refractivity contribution >= 4 is 17.7 Å². The molecular formula is C18H26N4O3. The van der Waals surface area contributed by atoms with Crippen LogP contribution in [-0.4, -0.2) is 54.8 Å². The van der Waals surface area contributed by atoms with Gasteiger partial charge in [0.15, 0.2) is 0 Å². The maximum absolute atomic E-state index is 12.3. The Labute approximate surface area is 147 Å². The highest BCUT2D eigenvalue weighted by atomic mass is 16.2. The summed E-state index contributed by atoms with van der Waals surface area (Å²) in [7, 11) is 0. The zero-order valence-corrected chi connectivity index (χ0v) is 14.5. The van der Waals surface area contributed by atoms with Crippen LogP contribution in [-0.2, 0) is 14.4 Å². The molecule has 7 heteroatoms. The van der Waals surface area contributed by atoms with Gasteiger partial charge in [-0.1, -0.05) is 30.3 Å². The average Bonchev–Trinajstić information content (AvgIpc) is 2.99. The fraction of sp³-hybridized carbons (Fsp3) is 0.500. The molecule has 25 heavy (non-hydrogen) atoms. The molecule has 2 rings (SSSR count). The molecule has 0 bridgehead atoms. The van der Waals surface area contributed by atoms with Crippen molar-refractivity contribution < 1.29 is 14.4 Å². The van der Waals surface area contributed by atoms with Crippen LogP contribution in [0.4, 0.5) is 0 Å². The number of nitrogens with one attached hydrogen (secondary N) is 2. The monoisotopic (exact) mass is 346 g/mol. The zero-order chi connectivity index (χ0) is 18.2. The number of nitrogens with zero attached hydrogens (tertiary/aromatic N) is 1. The van der Waals surface area contributed by atoms with E-state index in [4.69, 9.17) is 5.73 Å². The van der Waals surface area contributed by atoms with Gasteiger partial charge < -0.3 is 21.3 Å². The van der Waals surface area contributed by atoms with E-state index in [1.807, 2.05) is 30.3 Å². The predicted molar refractivity (Wildman–Crippen MR) is 94.7 cm³/mol. The van der Waals surface area contributed by atoms with Gasteiger partial charge in [0.25, 0.3) is 0 Å². The summed E-state index contributed by atoms with van der Waals surface area (Å²) in [6.45, 7) is 3.27. The fourth-order valence-corrected chi connectivity index (χ4v) is 2.99. The van der Waals surface area contributed by atoms with E-state index in [0.29, 0.717) is 26.2 Å². The topological polar surface area (TPSA) is 105 Å². The van der Waals surface area contributed by atoms with Crippen LogP contribution < -0.4 is 16.4 Å². The fourth-order valence-electron chi connectivity index (χ4n) is 2.99. The van der Waals surface area contributed by atoms with Crippen molar-refractivity contribution in [1.29, 1.82) is 0 Å². The van der Waals surface area contributed by atoms with Crippen LogP contribution in [0, 0.1) is 0 Å². The number of likely N-dealkylation sites (tertiary alicyclic amines) is 1. The van der Waals surface area contributed by atoms with E-state index in [1.165, 1.54) is 6.92 Å². The van der Waals surface area contributed by atoms with E-state index in [9.17, 15) is 14.4 Å². The Balaban J connectivity index is 1.72. The Morgan fingerprint density at radius 3 is 2.44 bits per heavy atom. The maximum atomic E-state index is 12.3. The summed E-state index contributed by atoms with van der Waals surface area (Å²) in [4.78, 5) is 36.5. The Bertz CT molecular complexity index is 606. The summed E-state index contributed by atoms with van der Waals surface area (Å²) in [6, 6.07) is 9.87. The van der Waals surface area contributed by atoms with E-state index in [2.05, 4.69) is 10.6 Å². The third-order valence-electron chi connectivity index (χ3n) is 4.33. The van der Waals surface area contributed by atoms with Crippen molar-refractivity contribution in [2.24, 2.45) is 5.73 Å². The first-order valence-electron chi connectivity index (χ1n) is 8.57. The summed E-state index contributed by atoms with van der Waals surface area (Å²) in [5, 5.41) is 5.27. The van der Waals surface area contributed by atoms with Gasteiger partial charge in [0, 0.05) is 57.9 Å². The van der Waals surface area contributed by atoms with Crippen LogP contribution in [0.25, 0.3) is 0 Å². The predicted octanol–water partition coefficient (Wildman–Crippen LogP) is -0.0278. The van der Waals surface area contributed by atoms with Crippen molar-refractivity contribution in [3.63, 3.8) is 0 Å². The lowest BCUT2D eigenvalue weighted by Gasteiger charge is -2.16. The second kappa shape index (κ2) is 9.17. The lowest BCUT2D eigenvalue weighted by atomic mass is 9.95. The van der Waals surface area contributed by atoms with Crippen LogP contribution in [0.5, 0.6) is 0 Å². The SMILES string of the molecule is CC(=O)NCCNC(=O)CCC(=O)N1C[C@@H](N)[C@H](c2ccccc2)C1. The molecule has 1 aliphatic heterocycles. The molecule has 4 N–H and O–H groups in total. The molecule has 1 aromatic carbocycles. The quantitative estimate of drug-likeness (QED) is 0.603. The second-order valence-electron chi connectivity index (χ2n) is 6.31. The molecule has 0 saturated carbocycles. The first kappa shape index (κ1) is 18.9. The van der Waals surface area contributed by atoms with Crippen molar-refractivity contribution in [2.45, 2.75) is 31.7 Å². The molecule has 0 radical (unpaired) electrons. The largest absolute Gasteiger partial charge is 0.355 e. The Morgan fingerprint density at radius 2 is 1.76 bits per heavy atom. The summed E-state index contributed by atoms with van der Waals surface area (Å²) in [5.74, 6) is -0.243. The average molecular weight is 346 g/mol. The van der Waals surface area contributed by atoms with E-state index in [1.54, 1.807) is 4.90 Å². The molecule has 2 atom stereocenters. The number of nitrogens with two attached hydrogens (primary N) is 1. The third-order valence-corrected chi connectivity index (χ3v) is 4.33. The third kappa shape index (κ3) is 5.86. The van der Waals surface area contributed by atoms with E-state index >= 15 is 0 Å². The summed E-state index contributed by atoms with van der Waals surface area (Å²) in [5.41, 5.74) is 7.33. The first-order valence-corrected chi connectivity index (χ1v) is 8.57. The number of rotatable bonds is 7. The standard InChI is InChI=1S/C18H26N4O3/c1-13(23)20-9-10-21-17(24)7-8-18(25)22-11-15(16(19)12-22)14-5-3-2-4-6-14/h2-6,15-16H,7-12,19H2,1H3,(H,20,23)(H,21,24)/t15-,16+/m0/s1. The van der Waals surface area contributed by atoms with Gasteiger partial charge in [-0.2, -0.15) is 0 Å². The number of benzene rings is 1. The second-order valence-corrected chi connectivity index (χ2v) is 6.31. The van der Waals surface area contributed by atoms with E-state index in [0.717, 1.165) is 5.56 Å². The molecule has 1 heterocycles. The van der Waals surface area contributed by atoms with Crippen molar-refractivity contribution in [1.82, 2.24) is 15.5 Å². The normalized spacial score (nSPS) is 19.5. The highest BCUT2D eigenvalue weighted by molar-refractivity contribution is 5.84. The minimum absolute atomic E-state index is 0.0501. The minimum Gasteiger partial charge on any atom is -0.355 e. The van der Waals surface area contributed by atoms with Gasteiger partial charge in [0.1, 0.15) is 0 Å². The van der Waals surface area contributed by atoms with Gasteiger partial charge in [-0.25, -0.2) is 0 Å². The first-order chi connectivity index (χ1) is 12.0. The van der Waals surface area contributed by atoms with Gasteiger partial charge >= 0.3 is 0 Å². The number of hydrogen-bond donors (Lipinski definition) is 3. The zero-order valence-electron chi connectivity index (χ0n) is 14.5. The molecule has 3 amide bonds. The van der Waals surface area contributed by atoms with Crippen LogP contribution >= 0.6 is 0 Å². The van der Waals surface area contributed by atoms with Crippen molar-refractivity contribution in [3.05, 3.63) is 35.9 Å². The van der Waals surface area contributed by atoms with Crippen LogP contribution in [0.3, 0.4) is 0 Å². The Hall–Kier alpha value is -2.41. The summed E-state index contributed by atoms with van der Waals surface area (Å²) >= 11 is 0. The van der Waals surface area contributed by atoms with Crippen molar-refractivity contribution in [3.8, 4) is 0 Å². The Morgan fingerprint density at radius 1 is 1.08 bits per heavy atom. The van der Waals surface area contributed by atoms with Gasteiger partial charge in [-0.3, -0.25) is 14.4 Å². The molecule has 0 aliphatic carbocycles. The molecule has 0 spiro atoms. The van der Waals surface area contributed by atoms with E-state index < -0.39 is 0 Å². The van der Waals surface area contributed by atoms with Crippen LogP contribution in [0.1, 0.15) is 31.2 Å². The molecule has 1 aliphatic rings. The molecule has 1 fully saturated rings. The van der Waals surface area contributed by atoms with Crippen LogP contribution in [0.15, 0.2) is 30.3 Å².